The van der Waals surface area contributed by atoms with Crippen molar-refractivity contribution in [2.45, 2.75) is 0 Å². The molecule has 0 aromatic heterocycles. The molecule has 38 heavy (non-hydrogen) atoms. The highest BCUT2D eigenvalue weighted by molar-refractivity contribution is 5.97. The number of para-hydroxylation sites is 2. The van der Waals surface area contributed by atoms with Crippen molar-refractivity contribution < 1.29 is 14.2 Å². The normalized spacial score (nSPS) is 11.6. The first-order valence-corrected chi connectivity index (χ1v) is 12.5. The summed E-state index contributed by atoms with van der Waals surface area (Å²) in [5.74, 6) is 3.39. The van der Waals surface area contributed by atoms with E-state index in [0.717, 1.165) is 62.3 Å². The summed E-state index contributed by atoms with van der Waals surface area (Å²) < 4.78 is 16.9. The molecule has 0 amide bonds. The van der Waals surface area contributed by atoms with E-state index in [1.54, 1.807) is 14.2 Å². The lowest BCUT2D eigenvalue weighted by molar-refractivity contribution is 0.415. The number of ether oxygens (including phenoxy) is 3. The van der Waals surface area contributed by atoms with E-state index in [4.69, 9.17) is 14.2 Å². The van der Waals surface area contributed by atoms with Gasteiger partial charge in [0.25, 0.3) is 0 Å². The fourth-order valence-electron chi connectivity index (χ4n) is 4.77. The molecular weight excluding hydrogens is 470 g/mol. The van der Waals surface area contributed by atoms with Crippen LogP contribution in [-0.2, 0) is 0 Å². The maximum Gasteiger partial charge on any atom is 0.135 e. The molecule has 186 valence electrons. The Balaban J connectivity index is 1.40. The van der Waals surface area contributed by atoms with Crippen LogP contribution in [0.15, 0.2) is 121 Å². The predicted molar refractivity (Wildman–Crippen MR) is 154 cm³/mol. The van der Waals surface area contributed by atoms with E-state index in [1.165, 1.54) is 0 Å². The molecular formula is C34H27NO3. The van der Waals surface area contributed by atoms with Crippen molar-refractivity contribution in [3.63, 3.8) is 0 Å². The highest BCUT2D eigenvalue weighted by atomic mass is 16.5. The standard InChI is InChI=1S/C34H27NO3/c1-36-28-19-15-26(16-20-28)35(27-17-21-29(37-2)22-18-27)25-13-11-24(12-14-25)23-32-30-7-3-5-9-33(30)38-34-10-6-4-8-31(32)34/h3-23H,1-2H3. The van der Waals surface area contributed by atoms with Gasteiger partial charge >= 0.3 is 0 Å². The summed E-state index contributed by atoms with van der Waals surface area (Å²) in [5, 5.41) is 0. The van der Waals surface area contributed by atoms with E-state index < -0.39 is 0 Å². The van der Waals surface area contributed by atoms with Crippen LogP contribution in [0.2, 0.25) is 0 Å². The van der Waals surface area contributed by atoms with Crippen LogP contribution in [0.3, 0.4) is 0 Å². The minimum Gasteiger partial charge on any atom is -0.497 e. The zero-order chi connectivity index (χ0) is 25.9. The van der Waals surface area contributed by atoms with Crippen molar-refractivity contribution in [2.75, 3.05) is 19.1 Å². The molecule has 0 radical (unpaired) electrons. The maximum absolute atomic E-state index is 6.16. The summed E-state index contributed by atoms with van der Waals surface area (Å²) in [6, 6.07) is 41.1. The van der Waals surface area contributed by atoms with Gasteiger partial charge in [0.05, 0.1) is 14.2 Å². The number of nitrogens with zero attached hydrogens (tertiary/aromatic N) is 1. The fourth-order valence-corrected chi connectivity index (χ4v) is 4.77. The first-order chi connectivity index (χ1) is 18.7. The van der Waals surface area contributed by atoms with E-state index >= 15 is 0 Å². The van der Waals surface area contributed by atoms with Gasteiger partial charge in [-0.25, -0.2) is 0 Å². The zero-order valence-corrected chi connectivity index (χ0v) is 21.3. The van der Waals surface area contributed by atoms with Gasteiger partial charge in [-0.15, -0.1) is 0 Å². The third-order valence-corrected chi connectivity index (χ3v) is 6.70. The van der Waals surface area contributed by atoms with Crippen LogP contribution in [0.25, 0.3) is 11.6 Å². The molecule has 5 aromatic rings. The Morgan fingerprint density at radius 2 is 0.947 bits per heavy atom. The largest absolute Gasteiger partial charge is 0.497 e. The third-order valence-electron chi connectivity index (χ3n) is 6.70. The van der Waals surface area contributed by atoms with Crippen LogP contribution in [0.1, 0.15) is 16.7 Å². The SMILES string of the molecule is COc1ccc(N(c2ccc(C=C3c4ccccc4Oc4ccccc43)cc2)c2ccc(OC)cc2)cc1. The summed E-state index contributed by atoms with van der Waals surface area (Å²) in [6.07, 6.45) is 2.23. The van der Waals surface area contributed by atoms with Crippen molar-refractivity contribution in [3.8, 4) is 23.0 Å². The number of benzene rings is 5. The van der Waals surface area contributed by atoms with Gasteiger partial charge in [0.15, 0.2) is 0 Å². The molecule has 4 heteroatoms. The summed E-state index contributed by atoms with van der Waals surface area (Å²) >= 11 is 0. The average Bonchev–Trinajstić information content (AvgIpc) is 2.98. The fraction of sp³-hybridized carbons (Fsp3) is 0.0588. The third kappa shape index (κ3) is 4.48. The predicted octanol–water partition coefficient (Wildman–Crippen LogP) is 8.87. The second-order valence-corrected chi connectivity index (χ2v) is 8.98. The molecule has 0 spiro atoms. The molecule has 6 rings (SSSR count). The van der Waals surface area contributed by atoms with Crippen LogP contribution >= 0.6 is 0 Å². The van der Waals surface area contributed by atoms with Crippen molar-refractivity contribution in [2.24, 2.45) is 0 Å². The first-order valence-electron chi connectivity index (χ1n) is 12.5. The minimum atomic E-state index is 0.822. The second-order valence-electron chi connectivity index (χ2n) is 8.98. The molecule has 0 N–H and O–H groups in total. The summed E-state index contributed by atoms with van der Waals surface area (Å²) in [7, 11) is 3.36. The quantitative estimate of drug-likeness (QED) is 0.230. The topological polar surface area (TPSA) is 30.9 Å². The molecule has 0 bridgehead atoms. The molecule has 0 unspecified atom stereocenters. The van der Waals surface area contributed by atoms with Gasteiger partial charge in [0, 0.05) is 28.2 Å². The Hall–Kier alpha value is -4.96. The van der Waals surface area contributed by atoms with Gasteiger partial charge in [-0.1, -0.05) is 48.5 Å². The second kappa shape index (κ2) is 10.2. The molecule has 1 aliphatic heterocycles. The van der Waals surface area contributed by atoms with E-state index in [1.807, 2.05) is 48.5 Å². The average molecular weight is 498 g/mol. The lowest BCUT2D eigenvalue weighted by Crippen LogP contribution is -2.09. The molecule has 1 heterocycles. The van der Waals surface area contributed by atoms with E-state index in [9.17, 15) is 0 Å². The Kier molecular flexibility index (Phi) is 6.29. The number of anilines is 3. The lowest BCUT2D eigenvalue weighted by atomic mass is 9.92. The van der Waals surface area contributed by atoms with Gasteiger partial charge in [-0.2, -0.15) is 0 Å². The smallest absolute Gasteiger partial charge is 0.135 e. The van der Waals surface area contributed by atoms with Gasteiger partial charge in [0.1, 0.15) is 23.0 Å². The van der Waals surface area contributed by atoms with Crippen LogP contribution < -0.4 is 19.1 Å². The number of hydrogen-bond acceptors (Lipinski definition) is 4. The molecule has 0 fully saturated rings. The molecule has 0 atom stereocenters. The van der Waals surface area contributed by atoms with Crippen LogP contribution in [0.5, 0.6) is 23.0 Å². The van der Waals surface area contributed by atoms with E-state index in [0.29, 0.717) is 0 Å². The summed E-state index contributed by atoms with van der Waals surface area (Å²) in [6.45, 7) is 0. The molecule has 4 nitrogen and oxygen atoms in total. The van der Waals surface area contributed by atoms with Gasteiger partial charge in [-0.3, -0.25) is 0 Å². The van der Waals surface area contributed by atoms with Gasteiger partial charge in [-0.05, 0) is 90.0 Å². The first kappa shape index (κ1) is 23.4. The van der Waals surface area contributed by atoms with Crippen LogP contribution in [0.4, 0.5) is 17.1 Å². The van der Waals surface area contributed by atoms with Crippen LogP contribution in [0, 0.1) is 0 Å². The Bertz CT molecular complexity index is 1490. The molecule has 0 saturated heterocycles. The Morgan fingerprint density at radius 3 is 1.39 bits per heavy atom. The summed E-state index contributed by atoms with van der Waals surface area (Å²) in [4.78, 5) is 2.22. The van der Waals surface area contributed by atoms with Crippen molar-refractivity contribution in [3.05, 3.63) is 138 Å². The number of fused-ring (bicyclic) bond motifs is 2. The van der Waals surface area contributed by atoms with Gasteiger partial charge in [0.2, 0.25) is 0 Å². The highest BCUT2D eigenvalue weighted by Crippen LogP contribution is 2.44. The minimum absolute atomic E-state index is 0.822. The monoisotopic (exact) mass is 497 g/mol. The Morgan fingerprint density at radius 1 is 0.526 bits per heavy atom. The number of rotatable bonds is 6. The van der Waals surface area contributed by atoms with Crippen molar-refractivity contribution in [1.29, 1.82) is 0 Å². The Labute approximate surface area is 223 Å². The van der Waals surface area contributed by atoms with E-state index in [2.05, 4.69) is 83.8 Å². The molecule has 1 aliphatic rings. The summed E-state index contributed by atoms with van der Waals surface area (Å²) in [5.41, 5.74) is 7.57. The molecule has 5 aromatic carbocycles. The molecule has 0 aliphatic carbocycles. The highest BCUT2D eigenvalue weighted by Gasteiger charge is 2.21. The molecule has 0 saturated carbocycles. The lowest BCUT2D eigenvalue weighted by Gasteiger charge is -2.26. The number of methoxy groups -OCH3 is 2. The van der Waals surface area contributed by atoms with Crippen LogP contribution in [-0.4, -0.2) is 14.2 Å². The van der Waals surface area contributed by atoms with Crippen molar-refractivity contribution in [1.82, 2.24) is 0 Å². The van der Waals surface area contributed by atoms with Crippen molar-refractivity contribution >= 4 is 28.7 Å². The maximum atomic E-state index is 6.16. The number of hydrogen-bond donors (Lipinski definition) is 0. The van der Waals surface area contributed by atoms with Gasteiger partial charge < -0.3 is 19.1 Å². The van der Waals surface area contributed by atoms with E-state index in [-0.39, 0.29) is 0 Å². The zero-order valence-electron chi connectivity index (χ0n) is 21.3.